The number of hydrogen-bond acceptors (Lipinski definition) is 5. The van der Waals surface area contributed by atoms with Crippen molar-refractivity contribution in [2.24, 2.45) is 0 Å². The molecule has 1 amide bonds. The molecule has 0 aliphatic heterocycles. The summed E-state index contributed by atoms with van der Waals surface area (Å²) < 4.78 is 6.25. The number of thiophene rings is 1. The van der Waals surface area contributed by atoms with E-state index >= 15 is 0 Å². The second kappa shape index (κ2) is 11.8. The number of carbonyl (C=O) groups excluding carboxylic acids is 2. The molecule has 1 unspecified atom stereocenters. The van der Waals surface area contributed by atoms with Crippen LogP contribution in [-0.2, 0) is 13.0 Å². The number of hydrogen-bond donors (Lipinski definition) is 1. The van der Waals surface area contributed by atoms with Crippen molar-refractivity contribution in [2.45, 2.75) is 35.9 Å². The molecular weight excluding hydrogens is 498 g/mol. The lowest BCUT2D eigenvalue weighted by Gasteiger charge is -2.23. The van der Waals surface area contributed by atoms with Gasteiger partial charge < -0.3 is 10.1 Å². The van der Waals surface area contributed by atoms with Crippen LogP contribution in [0.2, 0.25) is 0 Å². The van der Waals surface area contributed by atoms with Gasteiger partial charge >= 0.3 is 0 Å². The third-order valence-electron chi connectivity index (χ3n) is 6.65. The summed E-state index contributed by atoms with van der Waals surface area (Å²) in [6.45, 7) is 0.453. The molecule has 1 aromatic heterocycles. The Morgan fingerprint density at radius 2 is 1.89 bits per heavy atom. The highest BCUT2D eigenvalue weighted by Gasteiger charge is 2.34. The number of Topliss-reactive ketones (excluding diaryl/α,β-unsaturated/α-hetero) is 1. The number of ether oxygens (including phenoxy) is 1. The Balaban J connectivity index is 1.43. The fourth-order valence-electron chi connectivity index (χ4n) is 4.69. The summed E-state index contributed by atoms with van der Waals surface area (Å²) in [5.41, 5.74) is 4.98. The molecule has 0 spiro atoms. The summed E-state index contributed by atoms with van der Waals surface area (Å²) in [6.07, 6.45) is 12.6. The van der Waals surface area contributed by atoms with Crippen molar-refractivity contribution < 1.29 is 14.3 Å². The lowest BCUT2D eigenvalue weighted by molar-refractivity contribution is 0.0953. The number of allylic oxidation sites excluding steroid dienone is 5. The first-order valence-electron chi connectivity index (χ1n) is 12.4. The highest BCUT2D eigenvalue weighted by atomic mass is 32.2. The third-order valence-corrected chi connectivity index (χ3v) is 9.22. The summed E-state index contributed by atoms with van der Waals surface area (Å²) in [6, 6.07) is 17.8. The van der Waals surface area contributed by atoms with E-state index in [0.29, 0.717) is 24.3 Å². The topological polar surface area (TPSA) is 55.4 Å². The van der Waals surface area contributed by atoms with Gasteiger partial charge in [0, 0.05) is 24.3 Å². The predicted octanol–water partition coefficient (Wildman–Crippen LogP) is 7.13. The van der Waals surface area contributed by atoms with Crippen LogP contribution in [0.25, 0.3) is 0 Å². The quantitative estimate of drug-likeness (QED) is 0.317. The van der Waals surface area contributed by atoms with E-state index in [1.54, 1.807) is 18.9 Å². The molecule has 0 bridgehead atoms. The van der Waals surface area contributed by atoms with Crippen molar-refractivity contribution in [3.05, 3.63) is 118 Å². The maximum Gasteiger partial charge on any atom is 0.261 e. The second-order valence-corrected chi connectivity index (χ2v) is 11.4. The number of nitrogens with one attached hydrogen (secondary N) is 1. The van der Waals surface area contributed by atoms with Gasteiger partial charge in [0.25, 0.3) is 5.91 Å². The molecule has 6 heteroatoms. The maximum absolute atomic E-state index is 13.5. The lowest BCUT2D eigenvalue weighted by atomic mass is 9.80. The van der Waals surface area contributed by atoms with Crippen molar-refractivity contribution in [1.29, 1.82) is 0 Å². The summed E-state index contributed by atoms with van der Waals surface area (Å²) in [7, 11) is 1.65. The van der Waals surface area contributed by atoms with Gasteiger partial charge in [-0.25, -0.2) is 0 Å². The van der Waals surface area contributed by atoms with Gasteiger partial charge in [-0.05, 0) is 53.2 Å². The monoisotopic (exact) mass is 527 g/mol. The molecule has 0 saturated carbocycles. The van der Waals surface area contributed by atoms with Gasteiger partial charge in [0.2, 0.25) is 0 Å². The number of fused-ring (bicyclic) bond motifs is 1. The minimum absolute atomic E-state index is 0.0386. The number of rotatable bonds is 8. The minimum atomic E-state index is -0.114. The largest absolute Gasteiger partial charge is 0.497 e. The fraction of sp³-hybridized carbons (Fsp3) is 0.226. The zero-order valence-electron chi connectivity index (χ0n) is 20.7. The van der Waals surface area contributed by atoms with E-state index in [4.69, 9.17) is 4.74 Å². The van der Waals surface area contributed by atoms with Crippen LogP contribution in [0.1, 0.15) is 55.5 Å². The fourth-order valence-corrected chi connectivity index (χ4v) is 7.22. The predicted molar refractivity (Wildman–Crippen MR) is 152 cm³/mol. The number of amides is 1. The smallest absolute Gasteiger partial charge is 0.261 e. The Bertz CT molecular complexity index is 1370. The van der Waals surface area contributed by atoms with E-state index in [1.165, 1.54) is 16.9 Å². The molecule has 2 aliphatic carbocycles. The normalized spacial score (nSPS) is 16.6. The second-order valence-electron chi connectivity index (χ2n) is 9.14. The first kappa shape index (κ1) is 25.3. The van der Waals surface area contributed by atoms with Crippen molar-refractivity contribution in [1.82, 2.24) is 5.32 Å². The molecule has 37 heavy (non-hydrogen) atoms. The molecule has 188 valence electrons. The molecule has 4 nitrogen and oxygen atoms in total. The first-order chi connectivity index (χ1) is 18.1. The molecule has 2 aromatic carbocycles. The van der Waals surface area contributed by atoms with Crippen LogP contribution in [0.5, 0.6) is 5.75 Å². The number of carbonyl (C=O) groups is 2. The van der Waals surface area contributed by atoms with E-state index < -0.39 is 0 Å². The van der Waals surface area contributed by atoms with Crippen LogP contribution >= 0.6 is 23.1 Å². The number of thioether (sulfide) groups is 1. The molecule has 5 rings (SSSR count). The van der Waals surface area contributed by atoms with Crippen LogP contribution in [-0.4, -0.2) is 24.6 Å². The Morgan fingerprint density at radius 3 is 2.68 bits per heavy atom. The molecule has 0 saturated heterocycles. The average Bonchev–Trinajstić information content (AvgIpc) is 3.11. The molecule has 0 fully saturated rings. The molecule has 1 atom stereocenters. The summed E-state index contributed by atoms with van der Waals surface area (Å²) in [5, 5.41) is 3.08. The average molecular weight is 528 g/mol. The summed E-state index contributed by atoms with van der Waals surface area (Å²) in [4.78, 5) is 27.6. The van der Waals surface area contributed by atoms with Gasteiger partial charge in [-0.3, -0.25) is 9.59 Å². The third kappa shape index (κ3) is 5.97. The van der Waals surface area contributed by atoms with E-state index in [0.717, 1.165) is 44.4 Å². The standard InChI is InChI=1S/C31H29NO3S2/c1-35-25-15-13-23(14-16-25)24-17-26-28(27(33)18-24)31(36-20-22-11-5-2-3-6-12-22)37-29(26)30(34)32-19-21-9-7-4-8-10-21/h2,4-16,24H,3,17-20H2,1H3,(H,32,34). The zero-order valence-corrected chi connectivity index (χ0v) is 22.4. The van der Waals surface area contributed by atoms with E-state index in [1.807, 2.05) is 54.6 Å². The Kier molecular flexibility index (Phi) is 8.07. The Labute approximate surface area is 226 Å². The highest BCUT2D eigenvalue weighted by molar-refractivity contribution is 8.01. The van der Waals surface area contributed by atoms with Gasteiger partial charge in [0.05, 0.1) is 16.2 Å². The Hall–Kier alpha value is -3.35. The van der Waals surface area contributed by atoms with Crippen molar-refractivity contribution in [2.75, 3.05) is 12.9 Å². The maximum atomic E-state index is 13.5. The van der Waals surface area contributed by atoms with Gasteiger partial charge in [0.1, 0.15) is 5.75 Å². The summed E-state index contributed by atoms with van der Waals surface area (Å²) >= 11 is 3.12. The van der Waals surface area contributed by atoms with Crippen LogP contribution in [0.4, 0.5) is 0 Å². The van der Waals surface area contributed by atoms with Crippen LogP contribution in [0.3, 0.4) is 0 Å². The van der Waals surface area contributed by atoms with Crippen molar-refractivity contribution in [3.63, 3.8) is 0 Å². The highest BCUT2D eigenvalue weighted by Crippen LogP contribution is 2.44. The first-order valence-corrected chi connectivity index (χ1v) is 14.2. The van der Waals surface area contributed by atoms with Crippen LogP contribution in [0.15, 0.2) is 94.8 Å². The zero-order chi connectivity index (χ0) is 25.6. The molecule has 1 N–H and O–H groups in total. The van der Waals surface area contributed by atoms with E-state index in [-0.39, 0.29) is 17.6 Å². The molecule has 1 heterocycles. The van der Waals surface area contributed by atoms with Gasteiger partial charge in [-0.15, -0.1) is 23.1 Å². The number of methoxy groups -OCH3 is 1. The van der Waals surface area contributed by atoms with Gasteiger partial charge in [0.15, 0.2) is 5.78 Å². The summed E-state index contributed by atoms with van der Waals surface area (Å²) in [5.74, 6) is 1.59. The number of benzene rings is 2. The van der Waals surface area contributed by atoms with Crippen molar-refractivity contribution >= 4 is 34.8 Å². The van der Waals surface area contributed by atoms with Crippen molar-refractivity contribution in [3.8, 4) is 5.75 Å². The lowest BCUT2D eigenvalue weighted by Crippen LogP contribution is -2.25. The molecule has 3 aromatic rings. The van der Waals surface area contributed by atoms with Gasteiger partial charge in [-0.2, -0.15) is 0 Å². The van der Waals surface area contributed by atoms with E-state index in [9.17, 15) is 9.59 Å². The molecular formula is C31H29NO3S2. The minimum Gasteiger partial charge on any atom is -0.497 e. The SMILES string of the molecule is COc1ccc(C2CC(=O)c3c(SCC4=CC=CCC=C4)sc(C(=O)NCc4ccccc4)c3C2)cc1. The van der Waals surface area contributed by atoms with Gasteiger partial charge in [-0.1, -0.05) is 72.8 Å². The molecule has 0 radical (unpaired) electrons. The van der Waals surface area contributed by atoms with Crippen LogP contribution in [0, 0.1) is 0 Å². The molecule has 2 aliphatic rings. The van der Waals surface area contributed by atoms with Crippen LogP contribution < -0.4 is 10.1 Å². The number of ketones is 1. The van der Waals surface area contributed by atoms with E-state index in [2.05, 4.69) is 35.7 Å². The Morgan fingerprint density at radius 1 is 1.08 bits per heavy atom.